The number of halogens is 2. The predicted octanol–water partition coefficient (Wildman–Crippen LogP) is 1.53. The Labute approximate surface area is 108 Å². The zero-order valence-electron chi connectivity index (χ0n) is 9.01. The largest absolute Gasteiger partial charge is 0.481 e. The lowest BCUT2D eigenvalue weighted by molar-refractivity contribution is 0.192. The Morgan fingerprint density at radius 2 is 2.00 bits per heavy atom. The summed E-state index contributed by atoms with van der Waals surface area (Å²) in [4.78, 5) is 4.16. The van der Waals surface area contributed by atoms with Gasteiger partial charge in [0.05, 0.1) is 13.7 Å². The number of pyridine rings is 1. The van der Waals surface area contributed by atoms with E-state index in [1.807, 2.05) is 12.1 Å². The highest BCUT2D eigenvalue weighted by atomic mass is 35.5. The summed E-state index contributed by atoms with van der Waals surface area (Å²) < 4.78 is 10.5. The van der Waals surface area contributed by atoms with Crippen molar-refractivity contribution in [2.24, 2.45) is 5.92 Å². The summed E-state index contributed by atoms with van der Waals surface area (Å²) in [6, 6.07) is 5.52. The smallest absolute Gasteiger partial charge is 0.216 e. The van der Waals surface area contributed by atoms with Gasteiger partial charge < -0.3 is 14.8 Å². The molecule has 1 aromatic heterocycles. The van der Waals surface area contributed by atoms with E-state index in [4.69, 9.17) is 9.47 Å². The number of nitrogens with one attached hydrogen (secondary N) is 1. The van der Waals surface area contributed by atoms with Gasteiger partial charge in [0, 0.05) is 31.1 Å². The highest BCUT2D eigenvalue weighted by molar-refractivity contribution is 5.85. The van der Waals surface area contributed by atoms with E-state index in [9.17, 15) is 0 Å². The van der Waals surface area contributed by atoms with Crippen LogP contribution in [0.5, 0.6) is 11.8 Å². The van der Waals surface area contributed by atoms with E-state index in [-0.39, 0.29) is 24.8 Å². The summed E-state index contributed by atoms with van der Waals surface area (Å²) in [5, 5.41) is 3.19. The maximum absolute atomic E-state index is 5.52. The molecule has 16 heavy (non-hydrogen) atoms. The molecule has 6 heteroatoms. The van der Waals surface area contributed by atoms with Crippen LogP contribution in [-0.2, 0) is 0 Å². The molecule has 1 aliphatic heterocycles. The molecule has 0 unspecified atom stereocenters. The van der Waals surface area contributed by atoms with Gasteiger partial charge in [0.15, 0.2) is 0 Å². The van der Waals surface area contributed by atoms with Gasteiger partial charge in [-0.2, -0.15) is 4.98 Å². The van der Waals surface area contributed by atoms with E-state index >= 15 is 0 Å². The molecular formula is C10H16Cl2N2O2. The van der Waals surface area contributed by atoms with E-state index < -0.39 is 0 Å². The SMILES string of the molecule is COc1cccc(OCC2CNC2)n1.Cl.Cl. The second kappa shape index (κ2) is 7.54. The topological polar surface area (TPSA) is 43.4 Å². The third-order valence-electron chi connectivity index (χ3n) is 2.24. The second-order valence-corrected chi connectivity index (χ2v) is 3.35. The minimum Gasteiger partial charge on any atom is -0.481 e. The normalized spacial score (nSPS) is 14.1. The van der Waals surface area contributed by atoms with Crippen LogP contribution < -0.4 is 14.8 Å². The lowest BCUT2D eigenvalue weighted by atomic mass is 10.1. The molecule has 0 aliphatic carbocycles. The average molecular weight is 267 g/mol. The fourth-order valence-corrected chi connectivity index (χ4v) is 1.26. The number of rotatable bonds is 4. The summed E-state index contributed by atoms with van der Waals surface area (Å²) in [6.45, 7) is 2.82. The van der Waals surface area contributed by atoms with Crippen LogP contribution in [0, 0.1) is 5.92 Å². The van der Waals surface area contributed by atoms with Gasteiger partial charge in [-0.15, -0.1) is 24.8 Å². The van der Waals surface area contributed by atoms with Crippen LogP contribution in [0.15, 0.2) is 18.2 Å². The average Bonchev–Trinajstić information content (AvgIpc) is 2.16. The summed E-state index contributed by atoms with van der Waals surface area (Å²) in [5.74, 6) is 1.86. The molecule has 0 amide bonds. The molecule has 1 saturated heterocycles. The molecule has 4 nitrogen and oxygen atoms in total. The van der Waals surface area contributed by atoms with Crippen molar-refractivity contribution in [1.82, 2.24) is 10.3 Å². The molecule has 0 atom stereocenters. The standard InChI is InChI=1S/C10H14N2O2.2ClH/c1-13-9-3-2-4-10(12-9)14-7-8-5-11-6-8;;/h2-4,8,11H,5-7H2,1H3;2*1H. The molecule has 2 heterocycles. The van der Waals surface area contributed by atoms with Crippen LogP contribution in [0.2, 0.25) is 0 Å². The van der Waals surface area contributed by atoms with Crippen molar-refractivity contribution in [1.29, 1.82) is 0 Å². The highest BCUT2D eigenvalue weighted by Gasteiger charge is 2.17. The Kier molecular flexibility index (Phi) is 7.21. The lowest BCUT2D eigenvalue weighted by Crippen LogP contribution is -2.45. The van der Waals surface area contributed by atoms with E-state index in [0.717, 1.165) is 19.7 Å². The minimum atomic E-state index is 0. The summed E-state index contributed by atoms with van der Waals surface area (Å²) in [7, 11) is 1.60. The van der Waals surface area contributed by atoms with Crippen molar-refractivity contribution < 1.29 is 9.47 Å². The third-order valence-corrected chi connectivity index (χ3v) is 2.24. The number of aromatic nitrogens is 1. The molecule has 0 aromatic carbocycles. The van der Waals surface area contributed by atoms with Gasteiger partial charge in [-0.25, -0.2) is 0 Å². The van der Waals surface area contributed by atoms with Gasteiger partial charge in [-0.05, 0) is 0 Å². The van der Waals surface area contributed by atoms with Gasteiger partial charge in [0.25, 0.3) is 0 Å². The van der Waals surface area contributed by atoms with Crippen molar-refractivity contribution in [3.05, 3.63) is 18.2 Å². The van der Waals surface area contributed by atoms with E-state index in [0.29, 0.717) is 17.7 Å². The first-order valence-electron chi connectivity index (χ1n) is 4.73. The molecule has 2 rings (SSSR count). The van der Waals surface area contributed by atoms with Crippen LogP contribution in [0.25, 0.3) is 0 Å². The minimum absolute atomic E-state index is 0. The van der Waals surface area contributed by atoms with Crippen LogP contribution in [0.4, 0.5) is 0 Å². The number of methoxy groups -OCH3 is 1. The van der Waals surface area contributed by atoms with Gasteiger partial charge in [-0.3, -0.25) is 0 Å². The number of hydrogen-bond donors (Lipinski definition) is 1. The van der Waals surface area contributed by atoms with Gasteiger partial charge in [0.1, 0.15) is 0 Å². The number of nitrogens with zero attached hydrogens (tertiary/aromatic N) is 1. The summed E-state index contributed by atoms with van der Waals surface area (Å²) in [6.07, 6.45) is 0. The summed E-state index contributed by atoms with van der Waals surface area (Å²) >= 11 is 0. The maximum Gasteiger partial charge on any atom is 0.216 e. The van der Waals surface area contributed by atoms with Crippen molar-refractivity contribution in [3.8, 4) is 11.8 Å². The first-order valence-corrected chi connectivity index (χ1v) is 4.73. The Balaban J connectivity index is 0.00000112. The van der Waals surface area contributed by atoms with E-state index in [2.05, 4.69) is 10.3 Å². The molecule has 1 aromatic rings. The van der Waals surface area contributed by atoms with Gasteiger partial charge >= 0.3 is 0 Å². The third kappa shape index (κ3) is 4.04. The zero-order chi connectivity index (χ0) is 9.80. The fourth-order valence-electron chi connectivity index (χ4n) is 1.26. The molecule has 0 saturated carbocycles. The van der Waals surface area contributed by atoms with Gasteiger partial charge in [0.2, 0.25) is 11.8 Å². The number of hydrogen-bond acceptors (Lipinski definition) is 4. The molecule has 0 radical (unpaired) electrons. The Morgan fingerprint density at radius 1 is 1.31 bits per heavy atom. The Hall–Kier alpha value is -0.710. The van der Waals surface area contributed by atoms with Crippen LogP contribution in [-0.4, -0.2) is 31.8 Å². The van der Waals surface area contributed by atoms with Crippen LogP contribution >= 0.6 is 24.8 Å². The monoisotopic (exact) mass is 266 g/mol. The van der Waals surface area contributed by atoms with E-state index in [1.165, 1.54) is 0 Å². The predicted molar refractivity (Wildman–Crippen MR) is 67.1 cm³/mol. The van der Waals surface area contributed by atoms with Crippen molar-refractivity contribution in [2.45, 2.75) is 0 Å². The number of ether oxygens (including phenoxy) is 2. The van der Waals surface area contributed by atoms with Crippen LogP contribution in [0.1, 0.15) is 0 Å². The lowest BCUT2D eigenvalue weighted by Gasteiger charge is -2.26. The van der Waals surface area contributed by atoms with Crippen molar-refractivity contribution >= 4 is 24.8 Å². The maximum atomic E-state index is 5.52. The first kappa shape index (κ1) is 15.3. The molecule has 1 fully saturated rings. The fraction of sp³-hybridized carbons (Fsp3) is 0.500. The van der Waals surface area contributed by atoms with Crippen LogP contribution in [0.3, 0.4) is 0 Å². The Bertz CT molecular complexity index is 309. The zero-order valence-corrected chi connectivity index (χ0v) is 10.6. The van der Waals surface area contributed by atoms with Crippen molar-refractivity contribution in [2.75, 3.05) is 26.8 Å². The molecule has 0 spiro atoms. The van der Waals surface area contributed by atoms with Gasteiger partial charge in [-0.1, -0.05) is 6.07 Å². The molecule has 1 N–H and O–H groups in total. The molecule has 1 aliphatic rings. The van der Waals surface area contributed by atoms with E-state index in [1.54, 1.807) is 13.2 Å². The summed E-state index contributed by atoms with van der Waals surface area (Å²) in [5.41, 5.74) is 0. The molecule has 0 bridgehead atoms. The molecular weight excluding hydrogens is 251 g/mol. The second-order valence-electron chi connectivity index (χ2n) is 3.35. The van der Waals surface area contributed by atoms with Crippen molar-refractivity contribution in [3.63, 3.8) is 0 Å². The first-order chi connectivity index (χ1) is 6.88. The Morgan fingerprint density at radius 3 is 2.56 bits per heavy atom. The quantitative estimate of drug-likeness (QED) is 0.898. The highest BCUT2D eigenvalue weighted by Crippen LogP contribution is 2.14. The molecule has 92 valence electrons.